The molecule has 0 saturated carbocycles. The van der Waals surface area contributed by atoms with Gasteiger partial charge in [-0.3, -0.25) is 0 Å². The van der Waals surface area contributed by atoms with Crippen LogP contribution in [0.4, 0.5) is 10.8 Å². The number of hydrogen-bond acceptors (Lipinski definition) is 5. The highest BCUT2D eigenvalue weighted by Crippen LogP contribution is 2.33. The van der Waals surface area contributed by atoms with Crippen LogP contribution in [0.15, 0.2) is 0 Å². The van der Waals surface area contributed by atoms with E-state index in [0.717, 1.165) is 31.5 Å². The van der Waals surface area contributed by atoms with Gasteiger partial charge in [-0.2, -0.15) is 4.37 Å². The fourth-order valence-corrected chi connectivity index (χ4v) is 2.91. The largest absolute Gasteiger partial charge is 0.396 e. The third-order valence-corrected chi connectivity index (χ3v) is 4.07. The van der Waals surface area contributed by atoms with Crippen molar-refractivity contribution in [2.45, 2.75) is 19.8 Å². The summed E-state index contributed by atoms with van der Waals surface area (Å²) in [7, 11) is 0. The van der Waals surface area contributed by atoms with Gasteiger partial charge in [0.2, 0.25) is 0 Å². The molecule has 1 atom stereocenters. The fraction of sp³-hybridized carbons (Fsp3) is 0.700. The minimum absolute atomic E-state index is 0.294. The molecular formula is C10H17N3OS. The van der Waals surface area contributed by atoms with Crippen LogP contribution < -0.4 is 10.6 Å². The molecular weight excluding hydrogens is 210 g/mol. The smallest absolute Gasteiger partial charge is 0.142 e. The van der Waals surface area contributed by atoms with Crippen molar-refractivity contribution in [1.82, 2.24) is 4.37 Å². The molecule has 1 aliphatic heterocycles. The average Bonchev–Trinajstić information content (AvgIpc) is 2.77. The second-order valence-electron chi connectivity index (χ2n) is 4.11. The van der Waals surface area contributed by atoms with Gasteiger partial charge >= 0.3 is 0 Å². The van der Waals surface area contributed by atoms with Crippen molar-refractivity contribution in [1.29, 1.82) is 0 Å². The summed E-state index contributed by atoms with van der Waals surface area (Å²) in [4.78, 5) is 2.34. The molecule has 2 rings (SSSR count). The van der Waals surface area contributed by atoms with Crippen LogP contribution in [-0.2, 0) is 0 Å². The van der Waals surface area contributed by atoms with E-state index in [2.05, 4.69) is 9.27 Å². The first-order valence-electron chi connectivity index (χ1n) is 5.30. The van der Waals surface area contributed by atoms with Crippen molar-refractivity contribution < 1.29 is 5.11 Å². The molecule has 0 amide bonds. The molecule has 0 bridgehead atoms. The third kappa shape index (κ3) is 2.08. The Bertz CT molecular complexity index is 339. The number of aliphatic hydroxyl groups excluding tert-OH is 1. The summed E-state index contributed by atoms with van der Waals surface area (Å²) in [6.45, 7) is 4.41. The van der Waals surface area contributed by atoms with Gasteiger partial charge < -0.3 is 15.7 Å². The van der Waals surface area contributed by atoms with E-state index in [9.17, 15) is 0 Å². The van der Waals surface area contributed by atoms with Crippen molar-refractivity contribution >= 4 is 22.4 Å². The Kier molecular flexibility index (Phi) is 3.11. The second-order valence-corrected chi connectivity index (χ2v) is 4.86. The fourth-order valence-electron chi connectivity index (χ4n) is 2.07. The minimum atomic E-state index is 0.294. The Balaban J connectivity index is 2.04. The van der Waals surface area contributed by atoms with Gasteiger partial charge in [0.05, 0.1) is 0 Å². The van der Waals surface area contributed by atoms with Crippen LogP contribution in [-0.4, -0.2) is 29.2 Å². The summed E-state index contributed by atoms with van der Waals surface area (Å²) >= 11 is 1.48. The zero-order chi connectivity index (χ0) is 10.8. The number of aliphatic hydroxyl groups is 1. The molecule has 2 heterocycles. The van der Waals surface area contributed by atoms with Gasteiger partial charge in [0.15, 0.2) is 0 Å². The maximum Gasteiger partial charge on any atom is 0.142 e. The monoisotopic (exact) mass is 227 g/mol. The molecule has 0 radical (unpaired) electrons. The van der Waals surface area contributed by atoms with Crippen molar-refractivity contribution in [2.24, 2.45) is 5.92 Å². The summed E-state index contributed by atoms with van der Waals surface area (Å²) < 4.78 is 4.16. The van der Waals surface area contributed by atoms with Gasteiger partial charge in [-0.25, -0.2) is 0 Å². The lowest BCUT2D eigenvalue weighted by molar-refractivity contribution is 0.263. The highest BCUT2D eigenvalue weighted by atomic mass is 32.1. The van der Waals surface area contributed by atoms with Gasteiger partial charge in [0, 0.05) is 25.3 Å². The molecule has 3 N–H and O–H groups in total. The van der Waals surface area contributed by atoms with Crippen LogP contribution in [0.3, 0.4) is 0 Å². The number of rotatable bonds is 3. The van der Waals surface area contributed by atoms with E-state index in [1.165, 1.54) is 16.5 Å². The average molecular weight is 227 g/mol. The standard InChI is InChI=1S/C10H17N3OS/c1-7-9(11)12-15-10(7)13-4-2-8(6-13)3-5-14/h8,14H,2-6H2,1H3,(H2,11,12). The summed E-state index contributed by atoms with van der Waals surface area (Å²) in [5, 5.41) is 10.1. The van der Waals surface area contributed by atoms with Gasteiger partial charge in [-0.15, -0.1) is 0 Å². The molecule has 84 valence electrons. The van der Waals surface area contributed by atoms with E-state index in [-0.39, 0.29) is 0 Å². The third-order valence-electron chi connectivity index (χ3n) is 3.05. The van der Waals surface area contributed by atoms with Gasteiger partial charge in [0.1, 0.15) is 10.8 Å². The van der Waals surface area contributed by atoms with Crippen molar-refractivity contribution in [3.63, 3.8) is 0 Å². The highest BCUT2D eigenvalue weighted by molar-refractivity contribution is 7.10. The molecule has 4 nitrogen and oxygen atoms in total. The van der Waals surface area contributed by atoms with Crippen LogP contribution in [0.1, 0.15) is 18.4 Å². The highest BCUT2D eigenvalue weighted by Gasteiger charge is 2.25. The first-order valence-corrected chi connectivity index (χ1v) is 6.07. The maximum atomic E-state index is 8.89. The maximum absolute atomic E-state index is 8.89. The Morgan fingerprint density at radius 3 is 3.07 bits per heavy atom. The lowest BCUT2D eigenvalue weighted by Crippen LogP contribution is -2.19. The lowest BCUT2D eigenvalue weighted by Gasteiger charge is -2.16. The summed E-state index contributed by atoms with van der Waals surface area (Å²) in [5.41, 5.74) is 6.84. The predicted molar refractivity (Wildman–Crippen MR) is 63.3 cm³/mol. The predicted octanol–water partition coefficient (Wildman–Crippen LogP) is 1.24. The molecule has 1 fully saturated rings. The minimum Gasteiger partial charge on any atom is -0.396 e. The van der Waals surface area contributed by atoms with Crippen LogP contribution >= 0.6 is 11.5 Å². The quantitative estimate of drug-likeness (QED) is 0.815. The van der Waals surface area contributed by atoms with Crippen LogP contribution in [0.25, 0.3) is 0 Å². The van der Waals surface area contributed by atoms with Gasteiger partial charge in [0.25, 0.3) is 0 Å². The molecule has 1 aromatic rings. The van der Waals surface area contributed by atoms with E-state index in [1.807, 2.05) is 6.92 Å². The van der Waals surface area contributed by atoms with E-state index < -0.39 is 0 Å². The number of nitrogens with zero attached hydrogens (tertiary/aromatic N) is 2. The van der Waals surface area contributed by atoms with E-state index in [4.69, 9.17) is 10.8 Å². The molecule has 1 unspecified atom stereocenters. The zero-order valence-corrected chi connectivity index (χ0v) is 9.76. The molecule has 0 aromatic carbocycles. The molecule has 1 saturated heterocycles. The first-order chi connectivity index (χ1) is 7.22. The van der Waals surface area contributed by atoms with Crippen molar-refractivity contribution in [3.8, 4) is 0 Å². The molecule has 0 aliphatic carbocycles. The normalized spacial score (nSPS) is 21.2. The lowest BCUT2D eigenvalue weighted by atomic mass is 10.1. The number of nitrogens with two attached hydrogens (primary N) is 1. The number of nitrogen functional groups attached to an aromatic ring is 1. The SMILES string of the molecule is Cc1c(N)nsc1N1CCC(CCO)C1. The zero-order valence-electron chi connectivity index (χ0n) is 8.94. The van der Waals surface area contributed by atoms with E-state index >= 15 is 0 Å². The first kappa shape index (κ1) is 10.7. The van der Waals surface area contributed by atoms with E-state index in [0.29, 0.717) is 18.3 Å². The summed E-state index contributed by atoms with van der Waals surface area (Å²) in [6, 6.07) is 0. The van der Waals surface area contributed by atoms with Gasteiger partial charge in [-0.05, 0) is 37.2 Å². The summed E-state index contributed by atoms with van der Waals surface area (Å²) in [5.74, 6) is 1.28. The van der Waals surface area contributed by atoms with Crippen LogP contribution in [0.5, 0.6) is 0 Å². The van der Waals surface area contributed by atoms with Gasteiger partial charge in [-0.1, -0.05) is 0 Å². The van der Waals surface area contributed by atoms with Crippen LogP contribution in [0, 0.1) is 12.8 Å². The van der Waals surface area contributed by atoms with E-state index in [1.54, 1.807) is 0 Å². The number of anilines is 2. The van der Waals surface area contributed by atoms with Crippen LogP contribution in [0.2, 0.25) is 0 Å². The Morgan fingerprint density at radius 2 is 2.47 bits per heavy atom. The molecule has 15 heavy (non-hydrogen) atoms. The molecule has 1 aliphatic rings. The Labute approximate surface area is 93.9 Å². The Hall–Kier alpha value is -0.810. The van der Waals surface area contributed by atoms with Crippen molar-refractivity contribution in [2.75, 3.05) is 30.3 Å². The molecule has 0 spiro atoms. The summed E-state index contributed by atoms with van der Waals surface area (Å²) in [6.07, 6.45) is 2.07. The topological polar surface area (TPSA) is 62.4 Å². The Morgan fingerprint density at radius 1 is 1.67 bits per heavy atom. The van der Waals surface area contributed by atoms with Crippen molar-refractivity contribution in [3.05, 3.63) is 5.56 Å². The molecule has 1 aromatic heterocycles. The molecule has 5 heteroatoms. The number of hydrogen-bond donors (Lipinski definition) is 2. The second kappa shape index (κ2) is 4.37. The number of aromatic nitrogens is 1.